The van der Waals surface area contributed by atoms with Crippen LogP contribution in [0.1, 0.15) is 20.8 Å². The lowest BCUT2D eigenvalue weighted by atomic mass is 10.1. The lowest BCUT2D eigenvalue weighted by molar-refractivity contribution is -0.124. The van der Waals surface area contributed by atoms with Crippen molar-refractivity contribution in [3.63, 3.8) is 0 Å². The molecule has 0 aromatic heterocycles. The van der Waals surface area contributed by atoms with E-state index in [0.717, 1.165) is 12.3 Å². The maximum absolute atomic E-state index is 12.0. The normalized spacial score (nSPS) is 19.2. The highest BCUT2D eigenvalue weighted by atomic mass is 16.5. The van der Waals surface area contributed by atoms with Crippen molar-refractivity contribution >= 4 is 5.91 Å². The van der Waals surface area contributed by atoms with Crippen molar-refractivity contribution in [3.05, 3.63) is 24.3 Å². The predicted molar refractivity (Wildman–Crippen MR) is 100 cm³/mol. The largest absolute Gasteiger partial charge is 0.490 e. The van der Waals surface area contributed by atoms with Crippen LogP contribution in [0, 0.1) is 5.92 Å². The van der Waals surface area contributed by atoms with E-state index < -0.39 is 6.04 Å². The molecule has 0 spiro atoms. The predicted octanol–water partition coefficient (Wildman–Crippen LogP) is 1.22. The molecule has 1 aliphatic rings. The van der Waals surface area contributed by atoms with Crippen molar-refractivity contribution in [1.29, 1.82) is 0 Å². The number of ether oxygens (including phenoxy) is 3. The second kappa shape index (κ2) is 10.4. The molecule has 0 saturated carbocycles. The molecule has 0 aliphatic carbocycles. The molecule has 1 fully saturated rings. The van der Waals surface area contributed by atoms with Crippen LogP contribution in [0.15, 0.2) is 24.3 Å². The molecule has 1 amide bonds. The van der Waals surface area contributed by atoms with Crippen molar-refractivity contribution in [2.24, 2.45) is 11.7 Å². The summed E-state index contributed by atoms with van der Waals surface area (Å²) in [6.45, 7) is 9.36. The van der Waals surface area contributed by atoms with Gasteiger partial charge in [-0.25, -0.2) is 0 Å². The number of nitrogens with zero attached hydrogens (tertiary/aromatic N) is 1. The quantitative estimate of drug-likeness (QED) is 0.684. The third kappa shape index (κ3) is 6.16. The van der Waals surface area contributed by atoms with Gasteiger partial charge < -0.3 is 25.3 Å². The number of rotatable bonds is 9. The fraction of sp³-hybridized carbons (Fsp3) is 0.632. The number of benzene rings is 1. The standard InChI is InChI=1S/C19H31N3O4/c1-4-24-16-7-5-6-8-17(16)26-12-15-11-22(9-10-25-15)13-21-19(23)18(20)14(2)3/h5-8,14-15,18H,4,9-13,20H2,1-3H3,(H,21,23)/t15?,18-/m1/s1. The molecule has 1 aliphatic heterocycles. The minimum absolute atomic E-state index is 0.0610. The minimum Gasteiger partial charge on any atom is -0.490 e. The van der Waals surface area contributed by atoms with Crippen molar-refractivity contribution < 1.29 is 19.0 Å². The number of carbonyl (C=O) groups excluding carboxylic acids is 1. The zero-order chi connectivity index (χ0) is 18.9. The first-order chi connectivity index (χ1) is 12.5. The molecule has 1 unspecified atom stereocenters. The van der Waals surface area contributed by atoms with Gasteiger partial charge in [-0.3, -0.25) is 9.69 Å². The Morgan fingerprint density at radius 2 is 2.04 bits per heavy atom. The minimum atomic E-state index is -0.481. The van der Waals surface area contributed by atoms with E-state index in [0.29, 0.717) is 38.8 Å². The van der Waals surface area contributed by atoms with E-state index in [-0.39, 0.29) is 17.9 Å². The molecule has 2 rings (SSSR count). The fourth-order valence-corrected chi connectivity index (χ4v) is 2.66. The monoisotopic (exact) mass is 365 g/mol. The summed E-state index contributed by atoms with van der Waals surface area (Å²) in [5.41, 5.74) is 5.87. The van der Waals surface area contributed by atoms with Crippen LogP contribution in [-0.2, 0) is 9.53 Å². The summed E-state index contributed by atoms with van der Waals surface area (Å²) < 4.78 is 17.2. The third-order valence-electron chi connectivity index (χ3n) is 4.29. The highest BCUT2D eigenvalue weighted by Gasteiger charge is 2.23. The van der Waals surface area contributed by atoms with E-state index in [4.69, 9.17) is 19.9 Å². The van der Waals surface area contributed by atoms with Crippen LogP contribution in [0.3, 0.4) is 0 Å². The first-order valence-corrected chi connectivity index (χ1v) is 9.23. The van der Waals surface area contributed by atoms with Gasteiger partial charge in [-0.15, -0.1) is 0 Å². The maximum atomic E-state index is 12.0. The van der Waals surface area contributed by atoms with Crippen LogP contribution in [0.25, 0.3) is 0 Å². The molecular formula is C19H31N3O4. The van der Waals surface area contributed by atoms with E-state index in [1.54, 1.807) is 0 Å². The molecular weight excluding hydrogens is 334 g/mol. The van der Waals surface area contributed by atoms with E-state index in [9.17, 15) is 4.79 Å². The number of amides is 1. The Morgan fingerprint density at radius 1 is 1.35 bits per heavy atom. The van der Waals surface area contributed by atoms with Crippen LogP contribution < -0.4 is 20.5 Å². The molecule has 7 heteroatoms. The molecule has 1 aromatic carbocycles. The van der Waals surface area contributed by atoms with Gasteiger partial charge in [0.15, 0.2) is 11.5 Å². The van der Waals surface area contributed by atoms with Crippen LogP contribution in [-0.4, -0.2) is 62.5 Å². The second-order valence-electron chi connectivity index (χ2n) is 6.73. The number of hydrogen-bond acceptors (Lipinski definition) is 6. The van der Waals surface area contributed by atoms with Crippen LogP contribution in [0.2, 0.25) is 0 Å². The molecule has 3 N–H and O–H groups in total. The average molecular weight is 365 g/mol. The highest BCUT2D eigenvalue weighted by Crippen LogP contribution is 2.26. The first-order valence-electron chi connectivity index (χ1n) is 9.23. The van der Waals surface area contributed by atoms with Crippen molar-refractivity contribution in [2.45, 2.75) is 32.9 Å². The van der Waals surface area contributed by atoms with Gasteiger partial charge in [0.1, 0.15) is 12.7 Å². The van der Waals surface area contributed by atoms with Gasteiger partial charge in [-0.05, 0) is 25.0 Å². The van der Waals surface area contributed by atoms with Crippen LogP contribution in [0.4, 0.5) is 0 Å². The molecule has 1 heterocycles. The Hall–Kier alpha value is -1.83. The van der Waals surface area contributed by atoms with Gasteiger partial charge in [-0.1, -0.05) is 26.0 Å². The number of hydrogen-bond donors (Lipinski definition) is 2. The van der Waals surface area contributed by atoms with Gasteiger partial charge in [0.05, 0.1) is 25.9 Å². The summed E-state index contributed by atoms with van der Waals surface area (Å²) in [6, 6.07) is 7.13. The van der Waals surface area contributed by atoms with Gasteiger partial charge in [0.25, 0.3) is 0 Å². The van der Waals surface area contributed by atoms with E-state index in [1.165, 1.54) is 0 Å². The number of nitrogens with one attached hydrogen (secondary N) is 1. The summed E-state index contributed by atoms with van der Waals surface area (Å²) in [5, 5.41) is 2.90. The Bertz CT molecular complexity index is 567. The zero-order valence-electron chi connectivity index (χ0n) is 15.9. The summed E-state index contributed by atoms with van der Waals surface area (Å²) in [4.78, 5) is 14.1. The van der Waals surface area contributed by atoms with E-state index >= 15 is 0 Å². The lowest BCUT2D eigenvalue weighted by Crippen LogP contribution is -2.52. The molecule has 0 radical (unpaired) electrons. The van der Waals surface area contributed by atoms with Gasteiger partial charge >= 0.3 is 0 Å². The second-order valence-corrected chi connectivity index (χ2v) is 6.73. The summed E-state index contributed by atoms with van der Waals surface area (Å²) in [6.07, 6.45) is -0.0610. The van der Waals surface area contributed by atoms with E-state index in [1.807, 2.05) is 45.0 Å². The average Bonchev–Trinajstić information content (AvgIpc) is 2.65. The van der Waals surface area contributed by atoms with Gasteiger partial charge in [0.2, 0.25) is 5.91 Å². The van der Waals surface area contributed by atoms with Crippen LogP contribution >= 0.6 is 0 Å². The molecule has 7 nitrogen and oxygen atoms in total. The Balaban J connectivity index is 1.79. The molecule has 26 heavy (non-hydrogen) atoms. The lowest BCUT2D eigenvalue weighted by Gasteiger charge is -2.33. The summed E-state index contributed by atoms with van der Waals surface area (Å²) in [5.74, 6) is 1.44. The van der Waals surface area contributed by atoms with E-state index in [2.05, 4.69) is 10.2 Å². The van der Waals surface area contributed by atoms with Crippen LogP contribution in [0.5, 0.6) is 11.5 Å². The Labute approximate surface area is 155 Å². The first kappa shape index (κ1) is 20.5. The maximum Gasteiger partial charge on any atom is 0.238 e. The van der Waals surface area contributed by atoms with Crippen molar-refractivity contribution in [2.75, 3.05) is 39.6 Å². The SMILES string of the molecule is CCOc1ccccc1OCC1CN(CNC(=O)[C@H](N)C(C)C)CCO1. The Morgan fingerprint density at radius 3 is 2.69 bits per heavy atom. The highest BCUT2D eigenvalue weighted by molar-refractivity contribution is 5.81. The molecule has 2 atom stereocenters. The third-order valence-corrected chi connectivity index (χ3v) is 4.29. The number of nitrogens with two attached hydrogens (primary N) is 1. The molecule has 0 bridgehead atoms. The number of morpholine rings is 1. The Kier molecular flexibility index (Phi) is 8.15. The van der Waals surface area contributed by atoms with Crippen molar-refractivity contribution in [3.8, 4) is 11.5 Å². The van der Waals surface area contributed by atoms with Gasteiger partial charge in [0, 0.05) is 13.1 Å². The van der Waals surface area contributed by atoms with Gasteiger partial charge in [-0.2, -0.15) is 0 Å². The number of para-hydroxylation sites is 2. The summed E-state index contributed by atoms with van der Waals surface area (Å²) >= 11 is 0. The smallest absolute Gasteiger partial charge is 0.238 e. The zero-order valence-corrected chi connectivity index (χ0v) is 15.9. The topological polar surface area (TPSA) is 86.1 Å². The van der Waals surface area contributed by atoms with Crippen molar-refractivity contribution in [1.82, 2.24) is 10.2 Å². The summed E-state index contributed by atoms with van der Waals surface area (Å²) in [7, 11) is 0. The fourth-order valence-electron chi connectivity index (χ4n) is 2.66. The molecule has 146 valence electrons. The number of carbonyl (C=O) groups is 1. The molecule has 1 aromatic rings. The molecule has 1 saturated heterocycles.